The number of benzene rings is 1. The number of nitrogens with zero attached hydrogens (tertiary/aromatic N) is 6. The monoisotopic (exact) mass is 641 g/mol. The molecule has 0 aliphatic carbocycles. The molecule has 2 aromatic heterocycles. The molecule has 14 heteroatoms. The lowest BCUT2D eigenvalue weighted by Crippen LogP contribution is -2.49. The van der Waals surface area contributed by atoms with Gasteiger partial charge in [-0.05, 0) is 18.1 Å². The van der Waals surface area contributed by atoms with Crippen molar-refractivity contribution < 1.29 is 22.4 Å². The molecule has 9 nitrogen and oxygen atoms in total. The number of anilines is 2. The van der Waals surface area contributed by atoms with Gasteiger partial charge < -0.3 is 15.5 Å². The first-order valence-corrected chi connectivity index (χ1v) is 14.4. The Labute approximate surface area is 260 Å². The molecule has 3 aromatic rings. The summed E-state index contributed by atoms with van der Waals surface area (Å²) < 4.78 is 59.5. The number of fused-ring (bicyclic) bond motifs is 1. The van der Waals surface area contributed by atoms with Crippen LogP contribution in [0.3, 0.4) is 0 Å². The second-order valence-corrected chi connectivity index (χ2v) is 11.5. The lowest BCUT2D eigenvalue weighted by atomic mass is 9.88. The van der Waals surface area contributed by atoms with Crippen molar-refractivity contribution in [2.24, 2.45) is 16.8 Å². The predicted octanol–water partition coefficient (Wildman–Crippen LogP) is 5.36. The molecular formula is C31H28ClF4N7O2. The second kappa shape index (κ2) is 12.0. The summed E-state index contributed by atoms with van der Waals surface area (Å²) in [6.45, 7) is 10.1. The van der Waals surface area contributed by atoms with Crippen LogP contribution in [0.15, 0.2) is 40.8 Å². The Balaban J connectivity index is 1.88. The van der Waals surface area contributed by atoms with Crippen molar-refractivity contribution in [3.63, 3.8) is 0 Å². The maximum Gasteiger partial charge on any atom is 0.272 e. The number of nitrogen functional groups attached to an aromatic ring is 1. The van der Waals surface area contributed by atoms with Gasteiger partial charge >= 0.3 is 0 Å². The number of nitriles is 1. The molecule has 0 spiro atoms. The zero-order valence-electron chi connectivity index (χ0n) is 24.5. The standard InChI is InChI=1S/C31H28ClF4N7O2/c1-5-19(44)41-8-10-42(11-9-41)29-16-12-18(32)27(20-21(33)22(34)23(35)24(36)25(20)38)40-30(16)43(31(45)17(29)13-37)28-15(4)6-7-39-26(28)14(2)3/h5-7,12,14-15,28H,1,8-11,38H2,2-4H3/t15-,28?/m1/s1. The van der Waals surface area contributed by atoms with Crippen molar-refractivity contribution in [2.75, 3.05) is 36.8 Å². The van der Waals surface area contributed by atoms with Crippen LogP contribution in [-0.2, 0) is 4.79 Å². The molecule has 2 aliphatic rings. The lowest BCUT2D eigenvalue weighted by Gasteiger charge is -2.37. The fourth-order valence-electron chi connectivity index (χ4n) is 5.89. The van der Waals surface area contributed by atoms with Crippen LogP contribution in [0.5, 0.6) is 0 Å². The Morgan fingerprint density at radius 3 is 2.40 bits per heavy atom. The van der Waals surface area contributed by atoms with Gasteiger partial charge in [0.15, 0.2) is 23.3 Å². The van der Waals surface area contributed by atoms with Gasteiger partial charge in [-0.25, -0.2) is 22.5 Å². The highest BCUT2D eigenvalue weighted by Gasteiger charge is 2.35. The van der Waals surface area contributed by atoms with E-state index in [-0.39, 0.29) is 71.2 Å². The van der Waals surface area contributed by atoms with E-state index in [9.17, 15) is 28.0 Å². The van der Waals surface area contributed by atoms with Gasteiger partial charge in [0, 0.05) is 49.4 Å². The first-order valence-electron chi connectivity index (χ1n) is 14.0. The van der Waals surface area contributed by atoms with Crippen LogP contribution < -0.4 is 16.2 Å². The highest BCUT2D eigenvalue weighted by Crippen LogP contribution is 2.41. The van der Waals surface area contributed by atoms with Crippen LogP contribution in [0.25, 0.3) is 22.3 Å². The smallest absolute Gasteiger partial charge is 0.272 e. The van der Waals surface area contributed by atoms with Crippen molar-refractivity contribution >= 4 is 45.6 Å². The van der Waals surface area contributed by atoms with E-state index in [1.165, 1.54) is 16.7 Å². The summed E-state index contributed by atoms with van der Waals surface area (Å²) in [5.41, 5.74) is 2.90. The number of hydrogen-bond acceptors (Lipinski definition) is 7. The Kier molecular flexibility index (Phi) is 8.46. The molecule has 0 saturated carbocycles. The molecule has 1 aromatic carbocycles. The van der Waals surface area contributed by atoms with Gasteiger partial charge in [0.05, 0.1) is 33.7 Å². The van der Waals surface area contributed by atoms with E-state index in [1.54, 1.807) is 22.1 Å². The maximum atomic E-state index is 15.2. The summed E-state index contributed by atoms with van der Waals surface area (Å²) in [4.78, 5) is 38.8. The van der Waals surface area contributed by atoms with E-state index in [0.717, 1.165) is 0 Å². The van der Waals surface area contributed by atoms with E-state index < -0.39 is 51.8 Å². The molecule has 0 radical (unpaired) electrons. The number of hydrogen-bond donors (Lipinski definition) is 1. The minimum absolute atomic E-state index is 0.0950. The molecule has 1 amide bonds. The first-order chi connectivity index (χ1) is 21.3. The Hall–Kier alpha value is -4.70. The van der Waals surface area contributed by atoms with E-state index >= 15 is 4.39 Å². The minimum atomic E-state index is -2.11. The lowest BCUT2D eigenvalue weighted by molar-refractivity contribution is -0.126. The van der Waals surface area contributed by atoms with Crippen molar-refractivity contribution in [1.29, 1.82) is 5.26 Å². The molecule has 2 N–H and O–H groups in total. The number of nitrogens with two attached hydrogens (primary N) is 1. The topological polar surface area (TPSA) is 121 Å². The minimum Gasteiger partial charge on any atom is -0.396 e. The van der Waals surface area contributed by atoms with Gasteiger partial charge in [0.1, 0.15) is 17.3 Å². The number of allylic oxidation sites excluding steroid dienone is 1. The number of aromatic nitrogens is 2. The van der Waals surface area contributed by atoms with Gasteiger partial charge in [-0.2, -0.15) is 5.26 Å². The number of carbonyl (C=O) groups excluding carboxylic acids is 1. The average molecular weight is 642 g/mol. The number of piperazine rings is 1. The van der Waals surface area contributed by atoms with Crippen LogP contribution in [0.1, 0.15) is 32.4 Å². The summed E-state index contributed by atoms with van der Waals surface area (Å²) in [5.74, 6) is -8.63. The number of amides is 1. The second-order valence-electron chi connectivity index (χ2n) is 11.1. The first kappa shape index (κ1) is 31.7. The van der Waals surface area contributed by atoms with Gasteiger partial charge in [-0.15, -0.1) is 0 Å². The number of aliphatic imine (C=N–C) groups is 1. The van der Waals surface area contributed by atoms with Gasteiger partial charge in [-0.3, -0.25) is 19.1 Å². The van der Waals surface area contributed by atoms with E-state index in [2.05, 4.69) is 16.6 Å². The SMILES string of the molecule is C=CC(=O)N1CCN(c2c(C#N)c(=O)n(C3C(C(C)C)=NC=C[C@H]3C)c3nc(-c4c(N)c(F)c(F)c(F)c4F)c(Cl)cc23)CC1. The normalized spacial score (nSPS) is 18.4. The van der Waals surface area contributed by atoms with Crippen molar-refractivity contribution in [2.45, 2.75) is 26.8 Å². The summed E-state index contributed by atoms with van der Waals surface area (Å²) in [5, 5.41) is 10.2. The third-order valence-corrected chi connectivity index (χ3v) is 8.41. The summed E-state index contributed by atoms with van der Waals surface area (Å²) >= 11 is 6.59. The maximum absolute atomic E-state index is 15.2. The third kappa shape index (κ3) is 5.12. The number of halogens is 5. The van der Waals surface area contributed by atoms with Crippen LogP contribution >= 0.6 is 11.6 Å². The van der Waals surface area contributed by atoms with Crippen LogP contribution in [0, 0.1) is 46.4 Å². The van der Waals surface area contributed by atoms with Crippen LogP contribution in [0.2, 0.25) is 5.02 Å². The largest absolute Gasteiger partial charge is 0.396 e. The molecule has 5 rings (SSSR count). The average Bonchev–Trinajstić information content (AvgIpc) is 3.02. The van der Waals surface area contributed by atoms with Crippen LogP contribution in [0.4, 0.5) is 28.9 Å². The molecule has 0 bridgehead atoms. The molecule has 234 valence electrons. The molecule has 4 heterocycles. The van der Waals surface area contributed by atoms with E-state index in [0.29, 0.717) is 5.71 Å². The molecule has 1 saturated heterocycles. The van der Waals surface area contributed by atoms with Gasteiger partial charge in [0.2, 0.25) is 5.91 Å². The van der Waals surface area contributed by atoms with E-state index in [1.807, 2.05) is 26.8 Å². The quantitative estimate of drug-likeness (QED) is 0.132. The Morgan fingerprint density at radius 2 is 1.80 bits per heavy atom. The van der Waals surface area contributed by atoms with Crippen LogP contribution in [-0.4, -0.2) is 52.2 Å². The Bertz CT molecular complexity index is 1900. The number of carbonyl (C=O) groups is 1. The molecule has 2 atom stereocenters. The molecule has 45 heavy (non-hydrogen) atoms. The summed E-state index contributed by atoms with van der Waals surface area (Å²) in [6.07, 6.45) is 4.57. The van der Waals surface area contributed by atoms with Crippen molar-refractivity contribution in [1.82, 2.24) is 14.5 Å². The summed E-state index contributed by atoms with van der Waals surface area (Å²) in [6, 6.07) is 2.56. The fourth-order valence-corrected chi connectivity index (χ4v) is 6.13. The number of rotatable bonds is 5. The highest BCUT2D eigenvalue weighted by atomic mass is 35.5. The van der Waals surface area contributed by atoms with Crippen molar-refractivity contribution in [3.8, 4) is 17.3 Å². The fraction of sp³-hybridized carbons (Fsp3) is 0.323. The zero-order valence-corrected chi connectivity index (χ0v) is 25.3. The van der Waals surface area contributed by atoms with Gasteiger partial charge in [-0.1, -0.05) is 45.0 Å². The molecular weight excluding hydrogens is 614 g/mol. The van der Waals surface area contributed by atoms with Crippen molar-refractivity contribution in [3.05, 3.63) is 75.2 Å². The third-order valence-electron chi connectivity index (χ3n) is 8.13. The van der Waals surface area contributed by atoms with E-state index in [4.69, 9.17) is 17.3 Å². The molecule has 1 unspecified atom stereocenters. The number of pyridine rings is 2. The Morgan fingerprint density at radius 1 is 1.16 bits per heavy atom. The molecule has 2 aliphatic heterocycles. The summed E-state index contributed by atoms with van der Waals surface area (Å²) in [7, 11) is 0. The highest BCUT2D eigenvalue weighted by molar-refractivity contribution is 6.34. The molecule has 1 fully saturated rings. The van der Waals surface area contributed by atoms with Gasteiger partial charge in [0.25, 0.3) is 5.56 Å². The predicted molar refractivity (Wildman–Crippen MR) is 164 cm³/mol. The zero-order chi connectivity index (χ0) is 32.9.